The molecular formula is C14H26O4. The molecule has 0 heterocycles. The largest absolute Gasteiger partial charge is 0.481 e. The number of unbranched alkanes of at least 4 members (excludes halogenated alkanes) is 9. The molecule has 0 saturated carbocycles. The van der Waals surface area contributed by atoms with Gasteiger partial charge in [-0.3, -0.25) is 9.59 Å². The summed E-state index contributed by atoms with van der Waals surface area (Å²) >= 11 is 0. The van der Waals surface area contributed by atoms with E-state index >= 15 is 0 Å². The van der Waals surface area contributed by atoms with Gasteiger partial charge in [0.25, 0.3) is 0 Å². The summed E-state index contributed by atoms with van der Waals surface area (Å²) in [5.41, 5.74) is 0. The third-order valence-corrected chi connectivity index (χ3v) is 3.03. The quantitative estimate of drug-likeness (QED) is 0.492. The first-order valence-corrected chi connectivity index (χ1v) is 7.06. The second-order valence-electron chi connectivity index (χ2n) is 4.82. The molecular weight excluding hydrogens is 232 g/mol. The zero-order valence-electron chi connectivity index (χ0n) is 11.2. The highest BCUT2D eigenvalue weighted by molar-refractivity contribution is 5.66. The van der Waals surface area contributed by atoms with Crippen molar-refractivity contribution in [2.24, 2.45) is 0 Å². The lowest BCUT2D eigenvalue weighted by molar-refractivity contribution is -0.138. The maximum Gasteiger partial charge on any atom is 0.303 e. The van der Waals surface area contributed by atoms with Gasteiger partial charge in [-0.15, -0.1) is 0 Å². The molecule has 0 atom stereocenters. The number of carbonyl (C=O) groups is 2. The topological polar surface area (TPSA) is 74.6 Å². The number of carboxylic acid groups (broad SMARTS) is 2. The van der Waals surface area contributed by atoms with Crippen LogP contribution in [0.15, 0.2) is 0 Å². The molecule has 0 spiro atoms. The summed E-state index contributed by atoms with van der Waals surface area (Å²) in [7, 11) is 0. The Bertz CT molecular complexity index is 202. The SMILES string of the molecule is O=C(O)CCCCCCCCCCCCC(=O)O. The number of aliphatic carboxylic acids is 2. The first-order chi connectivity index (χ1) is 8.63. The molecule has 0 rings (SSSR count). The van der Waals surface area contributed by atoms with E-state index in [2.05, 4.69) is 0 Å². The van der Waals surface area contributed by atoms with Crippen molar-refractivity contribution in [2.45, 2.75) is 77.0 Å². The summed E-state index contributed by atoms with van der Waals surface area (Å²) in [4.78, 5) is 20.5. The predicted molar refractivity (Wildman–Crippen MR) is 70.7 cm³/mol. The molecule has 106 valence electrons. The van der Waals surface area contributed by atoms with Crippen molar-refractivity contribution in [1.29, 1.82) is 0 Å². The molecule has 0 saturated heterocycles. The summed E-state index contributed by atoms with van der Waals surface area (Å²) in [5.74, 6) is -1.40. The average Bonchev–Trinajstić information content (AvgIpc) is 2.29. The van der Waals surface area contributed by atoms with E-state index in [1.54, 1.807) is 0 Å². The lowest BCUT2D eigenvalue weighted by Gasteiger charge is -2.01. The van der Waals surface area contributed by atoms with Crippen LogP contribution < -0.4 is 0 Å². The molecule has 0 aromatic carbocycles. The first-order valence-electron chi connectivity index (χ1n) is 7.06. The van der Waals surface area contributed by atoms with Crippen molar-refractivity contribution >= 4 is 11.9 Å². The molecule has 2 N–H and O–H groups in total. The predicted octanol–water partition coefficient (Wildman–Crippen LogP) is 3.84. The highest BCUT2D eigenvalue weighted by atomic mass is 16.4. The van der Waals surface area contributed by atoms with E-state index in [9.17, 15) is 9.59 Å². The van der Waals surface area contributed by atoms with Crippen LogP contribution in [0.5, 0.6) is 0 Å². The highest BCUT2D eigenvalue weighted by Crippen LogP contribution is 2.11. The van der Waals surface area contributed by atoms with Gasteiger partial charge in [0.15, 0.2) is 0 Å². The average molecular weight is 258 g/mol. The summed E-state index contributed by atoms with van der Waals surface area (Å²) in [6.45, 7) is 0. The van der Waals surface area contributed by atoms with Gasteiger partial charge < -0.3 is 10.2 Å². The fourth-order valence-electron chi connectivity index (χ4n) is 1.97. The van der Waals surface area contributed by atoms with Crippen LogP contribution >= 0.6 is 0 Å². The smallest absolute Gasteiger partial charge is 0.303 e. The standard InChI is InChI=1S/C14H26O4/c15-13(16)11-9-7-5-3-1-2-4-6-8-10-12-14(17)18/h1-12H2,(H,15,16)(H,17,18). The third kappa shape index (κ3) is 14.9. The Morgan fingerprint density at radius 1 is 0.500 bits per heavy atom. The van der Waals surface area contributed by atoms with Crippen LogP contribution in [0.2, 0.25) is 0 Å². The van der Waals surface area contributed by atoms with Gasteiger partial charge in [-0.2, -0.15) is 0 Å². The van der Waals surface area contributed by atoms with Gasteiger partial charge in [-0.25, -0.2) is 0 Å². The van der Waals surface area contributed by atoms with Crippen molar-refractivity contribution in [1.82, 2.24) is 0 Å². The van der Waals surface area contributed by atoms with Crippen molar-refractivity contribution in [3.05, 3.63) is 0 Å². The molecule has 0 bridgehead atoms. The molecule has 0 aliphatic rings. The number of rotatable bonds is 13. The Kier molecular flexibility index (Phi) is 11.7. The lowest BCUT2D eigenvalue weighted by atomic mass is 10.1. The second kappa shape index (κ2) is 12.4. The Morgan fingerprint density at radius 2 is 0.722 bits per heavy atom. The number of hydrogen-bond acceptors (Lipinski definition) is 2. The van der Waals surface area contributed by atoms with E-state index < -0.39 is 11.9 Å². The minimum absolute atomic E-state index is 0.295. The Labute approximate surface area is 109 Å². The molecule has 0 fully saturated rings. The molecule has 0 unspecified atom stereocenters. The minimum atomic E-state index is -0.698. The molecule has 0 aromatic heterocycles. The van der Waals surface area contributed by atoms with E-state index in [-0.39, 0.29) is 0 Å². The summed E-state index contributed by atoms with van der Waals surface area (Å²) < 4.78 is 0. The van der Waals surface area contributed by atoms with Crippen molar-refractivity contribution < 1.29 is 19.8 Å². The molecule has 4 nitrogen and oxygen atoms in total. The van der Waals surface area contributed by atoms with Crippen LogP contribution in [0.3, 0.4) is 0 Å². The van der Waals surface area contributed by atoms with E-state index in [4.69, 9.17) is 10.2 Å². The zero-order chi connectivity index (χ0) is 13.6. The normalized spacial score (nSPS) is 10.4. The van der Waals surface area contributed by atoms with Crippen LogP contribution in [0, 0.1) is 0 Å². The van der Waals surface area contributed by atoms with Crippen LogP contribution in [0.25, 0.3) is 0 Å². The number of carboxylic acids is 2. The summed E-state index contributed by atoms with van der Waals surface area (Å²) in [5, 5.41) is 16.9. The maximum absolute atomic E-state index is 10.3. The van der Waals surface area contributed by atoms with Gasteiger partial charge in [0.2, 0.25) is 0 Å². The van der Waals surface area contributed by atoms with E-state index in [1.165, 1.54) is 25.7 Å². The molecule has 0 amide bonds. The van der Waals surface area contributed by atoms with E-state index in [1.807, 2.05) is 0 Å². The Hall–Kier alpha value is -1.06. The molecule has 0 aliphatic heterocycles. The van der Waals surface area contributed by atoms with Crippen LogP contribution in [-0.4, -0.2) is 22.2 Å². The number of hydrogen-bond donors (Lipinski definition) is 2. The molecule has 4 heteroatoms. The highest BCUT2D eigenvalue weighted by Gasteiger charge is 1.98. The van der Waals surface area contributed by atoms with E-state index in [0.717, 1.165) is 38.5 Å². The summed E-state index contributed by atoms with van der Waals surface area (Å²) in [6.07, 6.45) is 11.3. The Morgan fingerprint density at radius 3 is 0.944 bits per heavy atom. The maximum atomic E-state index is 10.3. The zero-order valence-corrected chi connectivity index (χ0v) is 11.2. The van der Waals surface area contributed by atoms with Crippen LogP contribution in [0.4, 0.5) is 0 Å². The third-order valence-electron chi connectivity index (χ3n) is 3.03. The molecule has 18 heavy (non-hydrogen) atoms. The summed E-state index contributed by atoms with van der Waals surface area (Å²) in [6, 6.07) is 0. The van der Waals surface area contributed by atoms with Gasteiger partial charge >= 0.3 is 11.9 Å². The van der Waals surface area contributed by atoms with Gasteiger partial charge in [-0.05, 0) is 12.8 Å². The van der Waals surface area contributed by atoms with Crippen LogP contribution in [0.1, 0.15) is 77.0 Å². The van der Waals surface area contributed by atoms with E-state index in [0.29, 0.717) is 12.8 Å². The first kappa shape index (κ1) is 16.9. The molecule has 0 aliphatic carbocycles. The lowest BCUT2D eigenvalue weighted by Crippen LogP contribution is -1.93. The van der Waals surface area contributed by atoms with Gasteiger partial charge in [0.05, 0.1) is 0 Å². The minimum Gasteiger partial charge on any atom is -0.481 e. The van der Waals surface area contributed by atoms with Crippen LogP contribution in [-0.2, 0) is 9.59 Å². The van der Waals surface area contributed by atoms with Crippen molar-refractivity contribution in [3.63, 3.8) is 0 Å². The van der Waals surface area contributed by atoms with Gasteiger partial charge in [-0.1, -0.05) is 51.4 Å². The van der Waals surface area contributed by atoms with Gasteiger partial charge in [0, 0.05) is 12.8 Å². The van der Waals surface area contributed by atoms with Gasteiger partial charge in [0.1, 0.15) is 0 Å². The molecule has 0 radical (unpaired) electrons. The molecule has 0 aromatic rings. The monoisotopic (exact) mass is 258 g/mol. The fourth-order valence-corrected chi connectivity index (χ4v) is 1.97. The second-order valence-corrected chi connectivity index (χ2v) is 4.82. The van der Waals surface area contributed by atoms with Crippen molar-refractivity contribution in [2.75, 3.05) is 0 Å². The Balaban J connectivity index is 2.99. The van der Waals surface area contributed by atoms with Crippen molar-refractivity contribution in [3.8, 4) is 0 Å². The fraction of sp³-hybridized carbons (Fsp3) is 0.857.